The lowest BCUT2D eigenvalue weighted by atomic mass is 10.2. The third-order valence-electron chi connectivity index (χ3n) is 2.17. The molecular formula is C13H19N3O. The zero-order valence-corrected chi connectivity index (χ0v) is 10.3. The van der Waals surface area contributed by atoms with Crippen LogP contribution >= 0.6 is 0 Å². The van der Waals surface area contributed by atoms with Gasteiger partial charge in [0.15, 0.2) is 0 Å². The van der Waals surface area contributed by atoms with Crippen molar-refractivity contribution in [3.05, 3.63) is 35.9 Å². The molecule has 92 valence electrons. The highest BCUT2D eigenvalue weighted by Crippen LogP contribution is 1.97. The molecule has 0 saturated heterocycles. The van der Waals surface area contributed by atoms with Crippen LogP contribution in [0.5, 0.6) is 0 Å². The predicted octanol–water partition coefficient (Wildman–Crippen LogP) is 1.16. The molecule has 0 aliphatic carbocycles. The Kier molecular flexibility index (Phi) is 5.20. The van der Waals surface area contributed by atoms with Crippen molar-refractivity contribution in [1.29, 1.82) is 0 Å². The SMILES string of the molecule is CC(C)CNC(=O)CN=C(N)c1ccccc1. The summed E-state index contributed by atoms with van der Waals surface area (Å²) < 4.78 is 0. The van der Waals surface area contributed by atoms with Gasteiger partial charge in [-0.3, -0.25) is 9.79 Å². The summed E-state index contributed by atoms with van der Waals surface area (Å²) in [5, 5.41) is 2.79. The number of aliphatic imine (C=N–C) groups is 1. The molecule has 4 heteroatoms. The molecule has 3 N–H and O–H groups in total. The minimum atomic E-state index is -0.0995. The van der Waals surface area contributed by atoms with Crippen LogP contribution in [0.15, 0.2) is 35.3 Å². The minimum Gasteiger partial charge on any atom is -0.383 e. The number of amidine groups is 1. The second-order valence-corrected chi connectivity index (χ2v) is 4.27. The topological polar surface area (TPSA) is 67.5 Å². The van der Waals surface area contributed by atoms with Crippen LogP contribution in [0.4, 0.5) is 0 Å². The lowest BCUT2D eigenvalue weighted by molar-refractivity contribution is -0.119. The van der Waals surface area contributed by atoms with E-state index in [0.29, 0.717) is 18.3 Å². The smallest absolute Gasteiger partial charge is 0.241 e. The van der Waals surface area contributed by atoms with E-state index >= 15 is 0 Å². The van der Waals surface area contributed by atoms with Crippen LogP contribution in [-0.2, 0) is 4.79 Å². The highest BCUT2D eigenvalue weighted by atomic mass is 16.1. The monoisotopic (exact) mass is 233 g/mol. The van der Waals surface area contributed by atoms with Crippen molar-refractivity contribution >= 4 is 11.7 Å². The second kappa shape index (κ2) is 6.68. The van der Waals surface area contributed by atoms with Gasteiger partial charge in [-0.15, -0.1) is 0 Å². The van der Waals surface area contributed by atoms with Crippen molar-refractivity contribution in [3.63, 3.8) is 0 Å². The number of carbonyl (C=O) groups is 1. The summed E-state index contributed by atoms with van der Waals surface area (Å²) in [6, 6.07) is 9.41. The van der Waals surface area contributed by atoms with Gasteiger partial charge in [0.1, 0.15) is 12.4 Å². The number of amides is 1. The number of hydrogen-bond donors (Lipinski definition) is 2. The Bertz CT molecular complexity index is 385. The van der Waals surface area contributed by atoms with E-state index in [-0.39, 0.29) is 12.5 Å². The van der Waals surface area contributed by atoms with Gasteiger partial charge in [-0.05, 0) is 5.92 Å². The molecule has 17 heavy (non-hydrogen) atoms. The fraction of sp³-hybridized carbons (Fsp3) is 0.385. The Labute approximate surface area is 102 Å². The second-order valence-electron chi connectivity index (χ2n) is 4.27. The molecule has 0 heterocycles. The number of nitrogens with two attached hydrogens (primary N) is 1. The summed E-state index contributed by atoms with van der Waals surface area (Å²) in [5.74, 6) is 0.734. The van der Waals surface area contributed by atoms with Gasteiger partial charge in [0, 0.05) is 12.1 Å². The first kappa shape index (κ1) is 13.2. The third kappa shape index (κ3) is 5.15. The van der Waals surface area contributed by atoms with Crippen LogP contribution in [0.3, 0.4) is 0 Å². The molecule has 1 amide bonds. The minimum absolute atomic E-state index is 0.0768. The van der Waals surface area contributed by atoms with Gasteiger partial charge in [0.2, 0.25) is 5.91 Å². The van der Waals surface area contributed by atoms with Gasteiger partial charge in [-0.25, -0.2) is 0 Å². The normalized spacial score (nSPS) is 11.6. The molecule has 4 nitrogen and oxygen atoms in total. The molecule has 0 aliphatic heterocycles. The quantitative estimate of drug-likeness (QED) is 0.592. The molecule has 1 aromatic carbocycles. The van der Waals surface area contributed by atoms with E-state index in [0.717, 1.165) is 5.56 Å². The summed E-state index contributed by atoms with van der Waals surface area (Å²) in [5.41, 5.74) is 6.61. The van der Waals surface area contributed by atoms with Crippen LogP contribution < -0.4 is 11.1 Å². The van der Waals surface area contributed by atoms with Gasteiger partial charge in [0.25, 0.3) is 0 Å². The van der Waals surface area contributed by atoms with Gasteiger partial charge in [-0.2, -0.15) is 0 Å². The molecule has 0 atom stereocenters. The lowest BCUT2D eigenvalue weighted by Gasteiger charge is -2.06. The largest absolute Gasteiger partial charge is 0.383 e. The Morgan fingerprint density at radius 2 is 2.00 bits per heavy atom. The number of hydrogen-bond acceptors (Lipinski definition) is 2. The van der Waals surface area contributed by atoms with Crippen molar-refractivity contribution in [2.45, 2.75) is 13.8 Å². The first-order chi connectivity index (χ1) is 8.09. The van der Waals surface area contributed by atoms with Crippen molar-refractivity contribution in [1.82, 2.24) is 5.32 Å². The van der Waals surface area contributed by atoms with Gasteiger partial charge < -0.3 is 11.1 Å². The molecule has 0 bridgehead atoms. The van der Waals surface area contributed by atoms with Crippen molar-refractivity contribution < 1.29 is 4.79 Å². The summed E-state index contributed by atoms with van der Waals surface area (Å²) in [4.78, 5) is 15.5. The lowest BCUT2D eigenvalue weighted by Crippen LogP contribution is -2.30. The van der Waals surface area contributed by atoms with Crippen LogP contribution in [0.25, 0.3) is 0 Å². The van der Waals surface area contributed by atoms with Crippen molar-refractivity contribution in [2.75, 3.05) is 13.1 Å². The number of nitrogens with zero attached hydrogens (tertiary/aromatic N) is 1. The van der Waals surface area contributed by atoms with E-state index < -0.39 is 0 Å². The molecule has 0 saturated carbocycles. The predicted molar refractivity (Wildman–Crippen MR) is 69.9 cm³/mol. The molecule has 0 aromatic heterocycles. The Balaban J connectivity index is 2.46. The summed E-state index contributed by atoms with van der Waals surface area (Å²) in [7, 11) is 0. The van der Waals surface area contributed by atoms with Crippen LogP contribution in [-0.4, -0.2) is 24.8 Å². The van der Waals surface area contributed by atoms with Crippen LogP contribution in [0.1, 0.15) is 19.4 Å². The zero-order chi connectivity index (χ0) is 12.7. The Hall–Kier alpha value is -1.84. The van der Waals surface area contributed by atoms with Crippen LogP contribution in [0.2, 0.25) is 0 Å². The van der Waals surface area contributed by atoms with Gasteiger partial charge in [-0.1, -0.05) is 44.2 Å². The van der Waals surface area contributed by atoms with Crippen molar-refractivity contribution in [3.8, 4) is 0 Å². The Morgan fingerprint density at radius 3 is 2.59 bits per heavy atom. The fourth-order valence-corrected chi connectivity index (χ4v) is 1.23. The molecule has 0 unspecified atom stereocenters. The standard InChI is InChI=1S/C13H19N3O/c1-10(2)8-15-12(17)9-16-13(14)11-6-4-3-5-7-11/h3-7,10H,8-9H2,1-2H3,(H2,14,16)(H,15,17). The van der Waals surface area contributed by atoms with E-state index in [1.54, 1.807) is 0 Å². The third-order valence-corrected chi connectivity index (χ3v) is 2.17. The van der Waals surface area contributed by atoms with E-state index in [4.69, 9.17) is 5.73 Å². The van der Waals surface area contributed by atoms with E-state index in [1.807, 2.05) is 44.2 Å². The first-order valence-electron chi connectivity index (χ1n) is 5.71. The maximum absolute atomic E-state index is 11.4. The molecule has 0 fully saturated rings. The first-order valence-corrected chi connectivity index (χ1v) is 5.71. The summed E-state index contributed by atoms with van der Waals surface area (Å²) >= 11 is 0. The number of nitrogens with one attached hydrogen (secondary N) is 1. The van der Waals surface area contributed by atoms with E-state index in [1.165, 1.54) is 0 Å². The van der Waals surface area contributed by atoms with E-state index in [2.05, 4.69) is 10.3 Å². The highest BCUT2D eigenvalue weighted by molar-refractivity contribution is 5.98. The molecule has 1 rings (SSSR count). The number of carbonyl (C=O) groups excluding carboxylic acids is 1. The zero-order valence-electron chi connectivity index (χ0n) is 10.3. The van der Waals surface area contributed by atoms with Gasteiger partial charge in [0.05, 0.1) is 0 Å². The van der Waals surface area contributed by atoms with E-state index in [9.17, 15) is 4.79 Å². The number of rotatable bonds is 5. The molecular weight excluding hydrogens is 214 g/mol. The Morgan fingerprint density at radius 1 is 1.35 bits per heavy atom. The average molecular weight is 233 g/mol. The maximum atomic E-state index is 11.4. The maximum Gasteiger partial charge on any atom is 0.241 e. The molecule has 1 aromatic rings. The molecule has 0 aliphatic rings. The summed E-state index contributed by atoms with van der Waals surface area (Å²) in [6.07, 6.45) is 0. The molecule has 0 spiro atoms. The van der Waals surface area contributed by atoms with Crippen molar-refractivity contribution in [2.24, 2.45) is 16.6 Å². The van der Waals surface area contributed by atoms with Gasteiger partial charge >= 0.3 is 0 Å². The average Bonchev–Trinajstić information content (AvgIpc) is 2.34. The van der Waals surface area contributed by atoms with Crippen LogP contribution in [0, 0.1) is 5.92 Å². The fourth-order valence-electron chi connectivity index (χ4n) is 1.23. The summed E-state index contributed by atoms with van der Waals surface area (Å²) in [6.45, 7) is 4.83. The number of benzene rings is 1. The molecule has 0 radical (unpaired) electrons. The highest BCUT2D eigenvalue weighted by Gasteiger charge is 2.02.